The normalized spacial score (nSPS) is 11.2. The van der Waals surface area contributed by atoms with Crippen LogP contribution in [0.5, 0.6) is 0 Å². The maximum Gasteiger partial charge on any atom is 0.339 e. The van der Waals surface area contributed by atoms with E-state index in [1.54, 1.807) is 48.5 Å². The van der Waals surface area contributed by atoms with Gasteiger partial charge in [0.05, 0.1) is 17.2 Å². The molecule has 1 atom stereocenters. The monoisotopic (exact) mass is 388 g/mol. The van der Waals surface area contributed by atoms with E-state index in [0.717, 1.165) is 0 Å². The summed E-state index contributed by atoms with van der Waals surface area (Å²) in [6.45, 7) is 1.43. The van der Waals surface area contributed by atoms with E-state index in [9.17, 15) is 19.2 Å². The summed E-state index contributed by atoms with van der Waals surface area (Å²) in [5, 5.41) is 11.8. The van der Waals surface area contributed by atoms with E-state index < -0.39 is 23.8 Å². The highest BCUT2D eigenvalue weighted by Crippen LogP contribution is 2.27. The summed E-state index contributed by atoms with van der Waals surface area (Å²) >= 11 is 0. The second-order valence-corrected chi connectivity index (χ2v) is 6.25. The molecule has 29 heavy (non-hydrogen) atoms. The Morgan fingerprint density at radius 2 is 1.69 bits per heavy atom. The molecule has 3 aromatic carbocycles. The summed E-state index contributed by atoms with van der Waals surface area (Å²) in [6, 6.07) is 21.1. The minimum absolute atomic E-state index is 0.237. The fraction of sp³-hybridized carbons (Fsp3) is 0.0870. The maximum absolute atomic E-state index is 13.3. The van der Waals surface area contributed by atoms with Gasteiger partial charge < -0.3 is 10.1 Å². The van der Waals surface area contributed by atoms with Crippen LogP contribution >= 0.6 is 0 Å². The number of nitrogens with one attached hydrogen (secondary N) is 1. The van der Waals surface area contributed by atoms with E-state index in [0.29, 0.717) is 16.7 Å². The van der Waals surface area contributed by atoms with E-state index >= 15 is 0 Å². The molecular weight excluding hydrogens is 371 g/mol. The Labute approximate surface area is 167 Å². The van der Waals surface area contributed by atoms with Crippen LogP contribution in [0.4, 0.5) is 10.1 Å². The number of esters is 1. The quantitative estimate of drug-likeness (QED) is 0.651. The molecular formula is C23H17FN2O3. The number of carbonyl (C=O) groups is 2. The maximum atomic E-state index is 13.3. The lowest BCUT2D eigenvalue weighted by Crippen LogP contribution is -2.30. The van der Waals surface area contributed by atoms with Crippen LogP contribution in [0, 0.1) is 17.1 Å². The molecule has 144 valence electrons. The summed E-state index contributed by atoms with van der Waals surface area (Å²) in [5.74, 6) is -1.77. The van der Waals surface area contributed by atoms with Crippen molar-refractivity contribution in [1.82, 2.24) is 0 Å². The first-order chi connectivity index (χ1) is 14.0. The Hall–Kier alpha value is -3.98. The van der Waals surface area contributed by atoms with Crippen molar-refractivity contribution < 1.29 is 18.7 Å². The zero-order chi connectivity index (χ0) is 20.8. The van der Waals surface area contributed by atoms with Gasteiger partial charge >= 0.3 is 5.97 Å². The van der Waals surface area contributed by atoms with Crippen molar-refractivity contribution in [1.29, 1.82) is 5.26 Å². The van der Waals surface area contributed by atoms with Gasteiger partial charge in [0.15, 0.2) is 6.10 Å². The molecule has 5 nitrogen and oxygen atoms in total. The molecule has 0 unspecified atom stereocenters. The number of hydrogen-bond donors (Lipinski definition) is 1. The summed E-state index contributed by atoms with van der Waals surface area (Å²) in [7, 11) is 0. The van der Waals surface area contributed by atoms with Crippen molar-refractivity contribution in [3.05, 3.63) is 89.7 Å². The molecule has 0 bridgehead atoms. The molecule has 1 amide bonds. The summed E-state index contributed by atoms with van der Waals surface area (Å²) in [4.78, 5) is 25.0. The van der Waals surface area contributed by atoms with Gasteiger partial charge in [-0.15, -0.1) is 0 Å². The number of halogens is 1. The van der Waals surface area contributed by atoms with Crippen molar-refractivity contribution in [2.24, 2.45) is 0 Å². The molecule has 3 rings (SSSR count). The van der Waals surface area contributed by atoms with Gasteiger partial charge in [0.1, 0.15) is 5.82 Å². The minimum atomic E-state index is -1.11. The average Bonchev–Trinajstić information content (AvgIpc) is 2.73. The highest BCUT2D eigenvalue weighted by Gasteiger charge is 2.22. The number of nitrogens with zero attached hydrogens (tertiary/aromatic N) is 1. The third kappa shape index (κ3) is 4.66. The fourth-order valence-corrected chi connectivity index (χ4v) is 2.80. The van der Waals surface area contributed by atoms with E-state index in [2.05, 4.69) is 11.4 Å². The zero-order valence-electron chi connectivity index (χ0n) is 15.6. The predicted molar refractivity (Wildman–Crippen MR) is 107 cm³/mol. The van der Waals surface area contributed by atoms with Gasteiger partial charge in [-0.25, -0.2) is 9.18 Å². The molecule has 0 spiro atoms. The first-order valence-corrected chi connectivity index (χ1v) is 8.85. The van der Waals surface area contributed by atoms with Gasteiger partial charge in [-0.1, -0.05) is 42.5 Å². The molecule has 1 N–H and O–H groups in total. The number of nitriles is 1. The van der Waals surface area contributed by atoms with Gasteiger partial charge in [0.2, 0.25) is 0 Å². The molecule has 0 saturated heterocycles. The molecule has 0 aliphatic rings. The minimum Gasteiger partial charge on any atom is -0.449 e. The lowest BCUT2D eigenvalue weighted by Gasteiger charge is -2.15. The first-order valence-electron chi connectivity index (χ1n) is 8.85. The van der Waals surface area contributed by atoms with Gasteiger partial charge in [0.25, 0.3) is 5.91 Å². The lowest BCUT2D eigenvalue weighted by atomic mass is 9.96. The Kier molecular flexibility index (Phi) is 6.00. The van der Waals surface area contributed by atoms with Crippen molar-refractivity contribution in [2.45, 2.75) is 13.0 Å². The number of hydrogen-bond acceptors (Lipinski definition) is 4. The molecule has 0 saturated carbocycles. The molecule has 0 aromatic heterocycles. The smallest absolute Gasteiger partial charge is 0.339 e. The standard InChI is InChI=1S/C23H17FN2O3/c1-15(22(27)26-18-9-6-8-17(24)13-18)29-23(28)21-12-5-4-11-20(21)19-10-3-2-7-16(19)14-25/h2-13,15H,1H3,(H,26,27)/t15-/m1/s1. The highest BCUT2D eigenvalue weighted by atomic mass is 19.1. The SMILES string of the molecule is C[C@@H](OC(=O)c1ccccc1-c1ccccc1C#N)C(=O)Nc1cccc(F)c1. The molecule has 0 aliphatic carbocycles. The van der Waals surface area contributed by atoms with Gasteiger partial charge in [-0.05, 0) is 42.8 Å². The predicted octanol–water partition coefficient (Wildman–Crippen LogP) is 4.55. The summed E-state index contributed by atoms with van der Waals surface area (Å²) < 4.78 is 18.6. The van der Waals surface area contributed by atoms with E-state index in [4.69, 9.17) is 4.74 Å². The Bertz CT molecular complexity index is 1110. The summed E-state index contributed by atoms with van der Waals surface area (Å²) in [5.41, 5.74) is 2.05. The van der Waals surface area contributed by atoms with E-state index in [-0.39, 0.29) is 11.3 Å². The van der Waals surface area contributed by atoms with Crippen molar-refractivity contribution >= 4 is 17.6 Å². The first kappa shape index (κ1) is 19.8. The molecule has 0 fully saturated rings. The average molecular weight is 388 g/mol. The van der Waals surface area contributed by atoms with E-state index in [1.165, 1.54) is 31.2 Å². The number of benzene rings is 3. The van der Waals surface area contributed by atoms with Crippen LogP contribution in [0.3, 0.4) is 0 Å². The number of ether oxygens (including phenoxy) is 1. The van der Waals surface area contributed by atoms with Crippen LogP contribution in [-0.2, 0) is 9.53 Å². The lowest BCUT2D eigenvalue weighted by molar-refractivity contribution is -0.123. The Morgan fingerprint density at radius 1 is 1.00 bits per heavy atom. The number of amides is 1. The van der Waals surface area contributed by atoms with Crippen LogP contribution in [0.2, 0.25) is 0 Å². The van der Waals surface area contributed by atoms with E-state index in [1.807, 2.05) is 0 Å². The second-order valence-electron chi connectivity index (χ2n) is 6.25. The van der Waals surface area contributed by atoms with Gasteiger partial charge in [-0.3, -0.25) is 4.79 Å². The van der Waals surface area contributed by atoms with Crippen LogP contribution in [0.1, 0.15) is 22.8 Å². The zero-order valence-corrected chi connectivity index (χ0v) is 15.6. The molecule has 0 radical (unpaired) electrons. The van der Waals surface area contributed by atoms with Crippen LogP contribution in [0.15, 0.2) is 72.8 Å². The van der Waals surface area contributed by atoms with Gasteiger partial charge in [-0.2, -0.15) is 5.26 Å². The van der Waals surface area contributed by atoms with Gasteiger partial charge in [0, 0.05) is 11.3 Å². The molecule has 3 aromatic rings. The molecule has 6 heteroatoms. The third-order valence-electron chi connectivity index (χ3n) is 4.23. The number of anilines is 1. The highest BCUT2D eigenvalue weighted by molar-refractivity contribution is 6.01. The van der Waals surface area contributed by atoms with Crippen LogP contribution in [-0.4, -0.2) is 18.0 Å². The van der Waals surface area contributed by atoms with Crippen molar-refractivity contribution in [3.63, 3.8) is 0 Å². The Morgan fingerprint density at radius 3 is 2.41 bits per heavy atom. The van der Waals surface area contributed by atoms with Crippen molar-refractivity contribution in [2.75, 3.05) is 5.32 Å². The number of carbonyl (C=O) groups excluding carboxylic acids is 2. The molecule has 0 aliphatic heterocycles. The van der Waals surface area contributed by atoms with Crippen molar-refractivity contribution in [3.8, 4) is 17.2 Å². The largest absolute Gasteiger partial charge is 0.449 e. The number of rotatable bonds is 5. The topological polar surface area (TPSA) is 79.2 Å². The third-order valence-corrected chi connectivity index (χ3v) is 4.23. The van der Waals surface area contributed by atoms with Crippen LogP contribution < -0.4 is 5.32 Å². The summed E-state index contributed by atoms with van der Waals surface area (Å²) in [6.07, 6.45) is -1.11. The fourth-order valence-electron chi connectivity index (χ4n) is 2.80. The van der Waals surface area contributed by atoms with Crippen LogP contribution in [0.25, 0.3) is 11.1 Å². The molecule has 0 heterocycles. The second kappa shape index (κ2) is 8.81. The Balaban J connectivity index is 1.79.